The fraction of sp³-hybridized carbons (Fsp3) is 0.857. The highest BCUT2D eigenvalue weighted by Gasteiger charge is 2.16. The van der Waals surface area contributed by atoms with Crippen LogP contribution in [0.5, 0.6) is 0 Å². The molecule has 9 nitrogen and oxygen atoms in total. The molecular formula is C14H29N3O6. The van der Waals surface area contributed by atoms with Crippen LogP contribution in [0, 0.1) is 0 Å². The third-order valence-electron chi connectivity index (χ3n) is 2.74. The molecule has 0 aliphatic rings. The Kier molecular flexibility index (Phi) is 14.8. The van der Waals surface area contributed by atoms with Gasteiger partial charge in [-0.2, -0.15) is 0 Å². The molecule has 0 bridgehead atoms. The lowest BCUT2D eigenvalue weighted by atomic mass is 10.2. The Morgan fingerprint density at radius 1 is 0.826 bits per heavy atom. The van der Waals surface area contributed by atoms with Gasteiger partial charge in [0.25, 0.3) is 0 Å². The van der Waals surface area contributed by atoms with Crippen LogP contribution >= 0.6 is 0 Å². The van der Waals surface area contributed by atoms with Crippen molar-refractivity contribution < 1.29 is 28.5 Å². The molecule has 0 aliphatic heterocycles. The molecule has 0 aliphatic carbocycles. The Morgan fingerprint density at radius 2 is 1.35 bits per heavy atom. The number of amides is 2. The van der Waals surface area contributed by atoms with Gasteiger partial charge in [0.15, 0.2) is 0 Å². The zero-order chi connectivity index (χ0) is 17.3. The number of carbonyl (C=O) groups excluding carboxylic acids is 2. The monoisotopic (exact) mass is 335 g/mol. The average molecular weight is 335 g/mol. The molecule has 0 rings (SSSR count). The van der Waals surface area contributed by atoms with E-state index < -0.39 is 17.9 Å². The molecule has 136 valence electrons. The summed E-state index contributed by atoms with van der Waals surface area (Å²) in [4.78, 5) is 21.7. The van der Waals surface area contributed by atoms with E-state index in [1.807, 2.05) is 0 Å². The third kappa shape index (κ3) is 15.4. The van der Waals surface area contributed by atoms with E-state index in [0.29, 0.717) is 59.0 Å². The van der Waals surface area contributed by atoms with Crippen LogP contribution in [0.15, 0.2) is 0 Å². The number of ether oxygens (including phenoxy) is 4. The fourth-order valence-corrected chi connectivity index (χ4v) is 1.59. The number of nitrogens with two attached hydrogens (primary N) is 3. The largest absolute Gasteiger partial charge is 0.379 e. The first-order chi connectivity index (χ1) is 11.1. The lowest BCUT2D eigenvalue weighted by Crippen LogP contribution is -2.34. The van der Waals surface area contributed by atoms with Crippen LogP contribution in [0.4, 0.5) is 0 Å². The summed E-state index contributed by atoms with van der Waals surface area (Å²) >= 11 is 0. The van der Waals surface area contributed by atoms with Gasteiger partial charge >= 0.3 is 0 Å². The van der Waals surface area contributed by atoms with Crippen LogP contribution in [0.2, 0.25) is 0 Å². The van der Waals surface area contributed by atoms with Gasteiger partial charge in [-0.3, -0.25) is 9.59 Å². The van der Waals surface area contributed by atoms with Crippen molar-refractivity contribution in [1.82, 2.24) is 0 Å². The molecular weight excluding hydrogens is 306 g/mol. The van der Waals surface area contributed by atoms with Gasteiger partial charge < -0.3 is 36.1 Å². The number of hydrogen-bond donors (Lipinski definition) is 3. The number of hydrogen-bond acceptors (Lipinski definition) is 7. The molecule has 6 N–H and O–H groups in total. The molecule has 0 aromatic heterocycles. The van der Waals surface area contributed by atoms with Crippen molar-refractivity contribution in [1.29, 1.82) is 0 Å². The summed E-state index contributed by atoms with van der Waals surface area (Å²) in [6, 6.07) is 0. The summed E-state index contributed by atoms with van der Waals surface area (Å²) in [5.41, 5.74) is 15.4. The molecule has 9 heteroatoms. The van der Waals surface area contributed by atoms with Gasteiger partial charge in [-0.1, -0.05) is 0 Å². The quantitative estimate of drug-likeness (QED) is 0.274. The molecule has 0 aromatic carbocycles. The van der Waals surface area contributed by atoms with Gasteiger partial charge in [-0.25, -0.2) is 0 Å². The van der Waals surface area contributed by atoms with Crippen molar-refractivity contribution in [2.24, 2.45) is 17.2 Å². The molecule has 1 unspecified atom stereocenters. The Hall–Kier alpha value is -1.26. The second-order valence-corrected chi connectivity index (χ2v) is 4.79. The first-order valence-electron chi connectivity index (χ1n) is 7.70. The highest BCUT2D eigenvalue weighted by atomic mass is 16.5. The van der Waals surface area contributed by atoms with Gasteiger partial charge in [-0.05, 0) is 25.8 Å². The molecule has 0 radical (unpaired) electrons. The van der Waals surface area contributed by atoms with Gasteiger partial charge in [0.05, 0.1) is 26.4 Å². The molecule has 0 saturated heterocycles. The summed E-state index contributed by atoms with van der Waals surface area (Å²) in [6.07, 6.45) is 0.971. The smallest absolute Gasteiger partial charge is 0.246 e. The Balaban J connectivity index is 3.39. The molecule has 0 heterocycles. The second-order valence-electron chi connectivity index (χ2n) is 4.79. The van der Waals surface area contributed by atoms with Gasteiger partial charge in [-0.15, -0.1) is 0 Å². The minimum absolute atomic E-state index is 0.324. The zero-order valence-electron chi connectivity index (χ0n) is 13.5. The molecule has 0 spiro atoms. The van der Waals surface area contributed by atoms with Gasteiger partial charge in [0.2, 0.25) is 11.8 Å². The van der Waals surface area contributed by atoms with Crippen molar-refractivity contribution in [3.8, 4) is 0 Å². The van der Waals surface area contributed by atoms with E-state index >= 15 is 0 Å². The lowest BCUT2D eigenvalue weighted by Gasteiger charge is -2.13. The van der Waals surface area contributed by atoms with Crippen LogP contribution in [0.25, 0.3) is 0 Å². The molecule has 2 amide bonds. The van der Waals surface area contributed by atoms with Crippen molar-refractivity contribution in [3.05, 3.63) is 0 Å². The van der Waals surface area contributed by atoms with E-state index in [0.717, 1.165) is 6.42 Å². The predicted molar refractivity (Wildman–Crippen MR) is 83.5 cm³/mol. The summed E-state index contributed by atoms with van der Waals surface area (Å²) < 4.78 is 21.0. The molecule has 0 fully saturated rings. The van der Waals surface area contributed by atoms with Crippen LogP contribution in [-0.2, 0) is 28.5 Å². The van der Waals surface area contributed by atoms with E-state index in [-0.39, 0.29) is 6.61 Å². The van der Waals surface area contributed by atoms with Crippen LogP contribution in [0.1, 0.15) is 19.3 Å². The number of rotatable bonds is 17. The second kappa shape index (κ2) is 15.6. The summed E-state index contributed by atoms with van der Waals surface area (Å²) in [7, 11) is 0. The first-order valence-corrected chi connectivity index (χ1v) is 7.70. The highest BCUT2D eigenvalue weighted by Crippen LogP contribution is 2.02. The third-order valence-corrected chi connectivity index (χ3v) is 2.74. The average Bonchev–Trinajstić information content (AvgIpc) is 2.50. The summed E-state index contributed by atoms with van der Waals surface area (Å²) in [5.74, 6) is -1.26. The predicted octanol–water partition coefficient (Wildman–Crippen LogP) is -1.48. The fourth-order valence-electron chi connectivity index (χ4n) is 1.59. The molecule has 1 atom stereocenters. The summed E-state index contributed by atoms with van der Waals surface area (Å²) in [5, 5.41) is 0. The first kappa shape index (κ1) is 21.7. The SMILES string of the molecule is NCCCOCCOCCOCCCC(OCC(N)=O)C(N)=O. The van der Waals surface area contributed by atoms with Crippen molar-refractivity contribution in [3.63, 3.8) is 0 Å². The lowest BCUT2D eigenvalue weighted by molar-refractivity contribution is -0.134. The van der Waals surface area contributed by atoms with Crippen molar-refractivity contribution in [2.75, 3.05) is 52.8 Å². The molecule has 0 aromatic rings. The van der Waals surface area contributed by atoms with Crippen molar-refractivity contribution >= 4 is 11.8 Å². The maximum Gasteiger partial charge on any atom is 0.246 e. The van der Waals surface area contributed by atoms with Crippen LogP contribution in [-0.4, -0.2) is 70.7 Å². The minimum atomic E-state index is -0.826. The Morgan fingerprint density at radius 3 is 1.83 bits per heavy atom. The topological polar surface area (TPSA) is 149 Å². The van der Waals surface area contributed by atoms with E-state index in [9.17, 15) is 9.59 Å². The number of primary amides is 2. The van der Waals surface area contributed by atoms with E-state index in [1.165, 1.54) is 0 Å². The van der Waals surface area contributed by atoms with Crippen molar-refractivity contribution in [2.45, 2.75) is 25.4 Å². The molecule has 0 saturated carbocycles. The maximum absolute atomic E-state index is 11.1. The van der Waals surface area contributed by atoms with E-state index in [4.69, 9.17) is 36.1 Å². The highest BCUT2D eigenvalue weighted by molar-refractivity contribution is 5.80. The Bertz CT molecular complexity index is 317. The van der Waals surface area contributed by atoms with E-state index in [1.54, 1.807) is 0 Å². The molecule has 23 heavy (non-hydrogen) atoms. The minimum Gasteiger partial charge on any atom is -0.379 e. The number of carbonyl (C=O) groups is 2. The Labute approximate surface area is 136 Å². The summed E-state index contributed by atoms with van der Waals surface area (Å²) in [6.45, 7) is 3.36. The zero-order valence-corrected chi connectivity index (χ0v) is 13.5. The van der Waals surface area contributed by atoms with E-state index in [2.05, 4.69) is 0 Å². The van der Waals surface area contributed by atoms with Gasteiger partial charge in [0.1, 0.15) is 12.7 Å². The van der Waals surface area contributed by atoms with Gasteiger partial charge in [0, 0.05) is 13.2 Å². The maximum atomic E-state index is 11.1. The van der Waals surface area contributed by atoms with Crippen LogP contribution < -0.4 is 17.2 Å². The normalized spacial score (nSPS) is 12.2. The standard InChI is InChI=1S/C14H29N3O6/c15-4-2-6-21-8-10-22-9-7-20-5-1-3-12(14(17)19)23-11-13(16)18/h12H,1-11,15H2,(H2,16,18)(H2,17,19). The van der Waals surface area contributed by atoms with Crippen LogP contribution in [0.3, 0.4) is 0 Å².